The van der Waals surface area contributed by atoms with E-state index in [1.54, 1.807) is 45.1 Å². The topological polar surface area (TPSA) is 232 Å². The lowest BCUT2D eigenvalue weighted by atomic mass is 9.62. The molecule has 17 heteroatoms. The zero-order valence-electron chi connectivity index (χ0n) is 29.2. The number of carbonyl (C=O) groups excluding carboxylic acids is 3. The van der Waals surface area contributed by atoms with Gasteiger partial charge in [-0.15, -0.1) is 0 Å². The molecule has 1 aromatic carbocycles. The largest absolute Gasteiger partial charge is 0.460 e. The van der Waals surface area contributed by atoms with Gasteiger partial charge < -0.3 is 59.3 Å². The summed E-state index contributed by atoms with van der Waals surface area (Å²) in [6, 6.07) is 5.26. The Morgan fingerprint density at radius 3 is 2.58 bits per heavy atom. The van der Waals surface area contributed by atoms with Gasteiger partial charge in [-0.25, -0.2) is 0 Å². The molecule has 0 aromatic heterocycles. The minimum Gasteiger partial charge on any atom is -0.460 e. The number of hydrogen-bond donors (Lipinski definition) is 6. The number of rotatable bonds is 13. The number of carbonyl (C=O) groups is 3. The summed E-state index contributed by atoms with van der Waals surface area (Å²) >= 11 is 0. The smallest absolute Gasteiger partial charge is 0.327 e. The first kappa shape index (κ1) is 38.6. The maximum absolute atomic E-state index is 14.4. The van der Waals surface area contributed by atoms with Crippen molar-refractivity contribution in [1.82, 2.24) is 10.4 Å². The van der Waals surface area contributed by atoms with Crippen molar-refractivity contribution >= 4 is 23.9 Å². The number of benzene rings is 1. The number of aliphatic hydroxyl groups is 5. The van der Waals surface area contributed by atoms with Gasteiger partial charge in [-0.2, -0.15) is 5.06 Å². The summed E-state index contributed by atoms with van der Waals surface area (Å²) in [4.78, 5) is 47.0. The van der Waals surface area contributed by atoms with Crippen molar-refractivity contribution in [2.45, 2.75) is 119 Å². The van der Waals surface area contributed by atoms with Crippen molar-refractivity contribution in [2.24, 2.45) is 5.41 Å². The van der Waals surface area contributed by atoms with Crippen molar-refractivity contribution in [3.05, 3.63) is 41.5 Å². The van der Waals surface area contributed by atoms with E-state index >= 15 is 0 Å². The standard InChI is InChI=1S/C35H48N2O15/c1-34(2,3)51-23(40)11-10-20(15-38)36-33(45)35-13-21-27-28(48-17-47-27)30(35)52-37(29(35)31(44)49-21)14-19-8-5-4-7-18(19)9-6-12-46-32-26(43)25(42)24(41)22(16-39)50-32/h4-9,20-22,24-30,32,38-39,41-43H,10-17H2,1-3H3,(H,36,45). The Labute approximate surface area is 300 Å². The number of amides is 1. The average molecular weight is 737 g/mol. The molecule has 5 aliphatic rings. The summed E-state index contributed by atoms with van der Waals surface area (Å²) in [6.07, 6.45) is -6.57. The zero-order valence-corrected chi connectivity index (χ0v) is 29.2. The first-order chi connectivity index (χ1) is 24.8. The van der Waals surface area contributed by atoms with E-state index in [1.807, 2.05) is 12.1 Å². The fourth-order valence-electron chi connectivity index (χ4n) is 7.59. The number of hydrogen-bond acceptors (Lipinski definition) is 16. The van der Waals surface area contributed by atoms with Crippen LogP contribution in [0.2, 0.25) is 0 Å². The highest BCUT2D eigenvalue weighted by molar-refractivity contribution is 5.93. The second kappa shape index (κ2) is 15.7. The number of nitrogens with one attached hydrogen (secondary N) is 1. The second-order valence-corrected chi connectivity index (χ2v) is 14.7. The van der Waals surface area contributed by atoms with E-state index in [0.717, 1.165) is 0 Å². The van der Waals surface area contributed by atoms with Crippen molar-refractivity contribution in [2.75, 3.05) is 26.6 Å². The lowest BCUT2D eigenvalue weighted by Crippen LogP contribution is -2.70. The van der Waals surface area contributed by atoms with Gasteiger partial charge in [0, 0.05) is 12.8 Å². The molecule has 6 rings (SSSR count). The van der Waals surface area contributed by atoms with Gasteiger partial charge >= 0.3 is 11.9 Å². The maximum Gasteiger partial charge on any atom is 0.327 e. The van der Waals surface area contributed by atoms with Crippen LogP contribution in [-0.2, 0) is 54.2 Å². The molecular formula is C35H48N2O15. The molecule has 0 radical (unpaired) electrons. The van der Waals surface area contributed by atoms with Gasteiger partial charge in [-0.1, -0.05) is 36.4 Å². The Bertz CT molecular complexity index is 1480. The summed E-state index contributed by atoms with van der Waals surface area (Å²) in [6.45, 7) is 4.11. The number of hydroxylamine groups is 2. The van der Waals surface area contributed by atoms with Gasteiger partial charge in [0.05, 0.1) is 32.4 Å². The highest BCUT2D eigenvalue weighted by Crippen LogP contribution is 2.55. The predicted octanol–water partition coefficient (Wildman–Crippen LogP) is -1.34. The van der Waals surface area contributed by atoms with E-state index in [9.17, 15) is 39.9 Å². The van der Waals surface area contributed by atoms with Crippen LogP contribution in [0.1, 0.15) is 51.2 Å². The van der Waals surface area contributed by atoms with Crippen LogP contribution in [0.3, 0.4) is 0 Å². The first-order valence-corrected chi connectivity index (χ1v) is 17.4. The fourth-order valence-corrected chi connectivity index (χ4v) is 7.59. The Hall–Kier alpha value is -3.07. The Kier molecular flexibility index (Phi) is 11.7. The van der Waals surface area contributed by atoms with Gasteiger partial charge in [-0.3, -0.25) is 19.2 Å². The van der Waals surface area contributed by atoms with Gasteiger partial charge in [0.2, 0.25) is 5.91 Å². The van der Waals surface area contributed by atoms with Crippen LogP contribution >= 0.6 is 0 Å². The van der Waals surface area contributed by atoms with Crippen molar-refractivity contribution in [1.29, 1.82) is 0 Å². The van der Waals surface area contributed by atoms with E-state index in [-0.39, 0.29) is 39.2 Å². The molecule has 1 saturated carbocycles. The number of aliphatic hydroxyl groups excluding tert-OH is 5. The van der Waals surface area contributed by atoms with Gasteiger partial charge in [0.15, 0.2) is 12.3 Å². The average Bonchev–Trinajstić information content (AvgIpc) is 3.73. The molecule has 288 valence electrons. The number of nitrogens with zero attached hydrogens (tertiary/aromatic N) is 1. The molecule has 0 spiro atoms. The number of ether oxygens (including phenoxy) is 6. The third kappa shape index (κ3) is 7.63. The van der Waals surface area contributed by atoms with E-state index < -0.39 is 109 Å². The minimum atomic E-state index is -1.57. The lowest BCUT2D eigenvalue weighted by Gasteiger charge is -2.49. The van der Waals surface area contributed by atoms with Crippen LogP contribution in [0.4, 0.5) is 0 Å². The van der Waals surface area contributed by atoms with E-state index in [2.05, 4.69) is 5.32 Å². The molecule has 1 aromatic rings. The van der Waals surface area contributed by atoms with Crippen LogP contribution in [0.15, 0.2) is 30.3 Å². The van der Waals surface area contributed by atoms with Crippen LogP contribution in [0, 0.1) is 5.41 Å². The lowest BCUT2D eigenvalue weighted by molar-refractivity contribution is -0.298. The summed E-state index contributed by atoms with van der Waals surface area (Å²) in [5.41, 5.74) is -0.747. The van der Waals surface area contributed by atoms with Gasteiger partial charge in [-0.05, 0) is 38.3 Å². The monoisotopic (exact) mass is 736 g/mol. The van der Waals surface area contributed by atoms with Crippen LogP contribution < -0.4 is 5.32 Å². The molecular weight excluding hydrogens is 688 g/mol. The normalized spacial score (nSPS) is 36.3. The van der Waals surface area contributed by atoms with Crippen molar-refractivity contribution in [3.8, 4) is 0 Å². The van der Waals surface area contributed by atoms with E-state index in [0.29, 0.717) is 11.1 Å². The second-order valence-electron chi connectivity index (χ2n) is 14.7. The highest BCUT2D eigenvalue weighted by atomic mass is 16.8. The Morgan fingerprint density at radius 1 is 1.10 bits per heavy atom. The SMILES string of the molecule is CC(C)(C)OC(=O)CCC(CO)NC(=O)C12CC3OC(=O)C1N(Cc1ccccc1C=CCOC1OC(CO)C(O)C(O)C1O)OC2C1OCOC31. The molecule has 4 aliphatic heterocycles. The zero-order chi connectivity index (χ0) is 37.4. The third-order valence-corrected chi connectivity index (χ3v) is 10.1. The molecule has 12 atom stereocenters. The molecule has 1 amide bonds. The molecule has 4 saturated heterocycles. The number of esters is 2. The van der Waals surface area contributed by atoms with Crippen LogP contribution in [0.5, 0.6) is 0 Å². The summed E-state index contributed by atoms with van der Waals surface area (Å²) < 4.78 is 33.9. The molecule has 12 unspecified atom stereocenters. The van der Waals surface area contributed by atoms with Crippen LogP contribution in [0.25, 0.3) is 6.08 Å². The summed E-state index contributed by atoms with van der Waals surface area (Å²) in [7, 11) is 0. The molecule has 4 heterocycles. The maximum atomic E-state index is 14.4. The minimum absolute atomic E-state index is 0.0460. The van der Waals surface area contributed by atoms with E-state index in [4.69, 9.17) is 33.3 Å². The highest BCUT2D eigenvalue weighted by Gasteiger charge is 2.74. The van der Waals surface area contributed by atoms with Crippen molar-refractivity contribution < 1.29 is 73.2 Å². The summed E-state index contributed by atoms with van der Waals surface area (Å²) in [5, 5.41) is 54.2. The molecule has 1 aliphatic carbocycles. The Morgan fingerprint density at radius 2 is 1.85 bits per heavy atom. The molecule has 6 N–H and O–H groups in total. The van der Waals surface area contributed by atoms with E-state index in [1.165, 1.54) is 5.06 Å². The van der Waals surface area contributed by atoms with Crippen molar-refractivity contribution in [3.63, 3.8) is 0 Å². The van der Waals surface area contributed by atoms with Crippen LogP contribution in [-0.4, -0.2) is 148 Å². The van der Waals surface area contributed by atoms with Gasteiger partial charge in [0.25, 0.3) is 0 Å². The molecule has 5 fully saturated rings. The molecule has 17 nitrogen and oxygen atoms in total. The van der Waals surface area contributed by atoms with Gasteiger partial charge in [0.1, 0.15) is 66.6 Å². The number of fused-ring (bicyclic) bond motifs is 4. The Balaban J connectivity index is 1.18. The third-order valence-electron chi connectivity index (χ3n) is 10.1. The summed E-state index contributed by atoms with van der Waals surface area (Å²) in [5.74, 6) is -1.68. The fraction of sp³-hybridized carbons (Fsp3) is 0.686. The quantitative estimate of drug-likeness (QED) is 0.129. The molecule has 2 bridgehead atoms. The first-order valence-electron chi connectivity index (χ1n) is 17.4. The predicted molar refractivity (Wildman–Crippen MR) is 175 cm³/mol. The molecule has 52 heavy (non-hydrogen) atoms.